The van der Waals surface area contributed by atoms with Gasteiger partial charge in [-0.1, -0.05) is 38.1 Å². The number of hydrogen-bond donors (Lipinski definition) is 0. The molecule has 0 N–H and O–H groups in total. The van der Waals surface area contributed by atoms with Crippen molar-refractivity contribution in [1.82, 2.24) is 0 Å². The Kier molecular flexibility index (Phi) is 12.9. The van der Waals surface area contributed by atoms with Gasteiger partial charge in [0.2, 0.25) is 0 Å². The van der Waals surface area contributed by atoms with Crippen LogP contribution in [0.4, 0.5) is 11.4 Å². The number of ether oxygens (including phenoxy) is 1. The van der Waals surface area contributed by atoms with E-state index >= 15 is 0 Å². The van der Waals surface area contributed by atoms with Gasteiger partial charge in [0.05, 0.1) is 15.9 Å². The standard InChI is InChI=1S/C8H10.C6H4N2O4.C6H14O/c1-7-5-3-4-6-8(7)2;9-7(10)5-2-1-3-6(4-5)8(11)12;1-3-5-7-6-4-2/h3-6H,1-2H3;1-4H;3-6H2,1-2H3. The largest absolute Gasteiger partial charge is 0.381 e. The Balaban J connectivity index is 0.000000395. The van der Waals surface area contributed by atoms with E-state index < -0.39 is 9.85 Å². The second-order valence-electron chi connectivity index (χ2n) is 5.73. The van der Waals surface area contributed by atoms with Gasteiger partial charge in [0.1, 0.15) is 0 Å². The van der Waals surface area contributed by atoms with Crippen LogP contribution in [-0.2, 0) is 4.74 Å². The Hall–Kier alpha value is -2.80. The third-order valence-corrected chi connectivity index (χ3v) is 3.37. The highest BCUT2D eigenvalue weighted by atomic mass is 16.6. The van der Waals surface area contributed by atoms with Gasteiger partial charge in [0.25, 0.3) is 11.4 Å². The Bertz CT molecular complexity index is 650. The number of nitro groups is 2. The second kappa shape index (κ2) is 14.4. The molecule has 0 aliphatic carbocycles. The van der Waals surface area contributed by atoms with Gasteiger partial charge in [-0.15, -0.1) is 0 Å². The smallest absolute Gasteiger partial charge is 0.276 e. The maximum atomic E-state index is 10.2. The van der Waals surface area contributed by atoms with Crippen LogP contribution in [0.5, 0.6) is 0 Å². The van der Waals surface area contributed by atoms with Gasteiger partial charge in [-0.2, -0.15) is 0 Å². The number of benzene rings is 2. The zero-order valence-electron chi connectivity index (χ0n) is 16.4. The van der Waals surface area contributed by atoms with E-state index in [9.17, 15) is 20.2 Å². The van der Waals surface area contributed by atoms with Crippen molar-refractivity contribution < 1.29 is 14.6 Å². The van der Waals surface area contributed by atoms with E-state index in [1.807, 2.05) is 0 Å². The van der Waals surface area contributed by atoms with E-state index in [0.29, 0.717) is 0 Å². The predicted molar refractivity (Wildman–Crippen MR) is 107 cm³/mol. The third-order valence-electron chi connectivity index (χ3n) is 3.37. The minimum atomic E-state index is -0.674. The van der Waals surface area contributed by atoms with E-state index in [1.54, 1.807) is 0 Å². The molecule has 0 radical (unpaired) electrons. The van der Waals surface area contributed by atoms with Crippen LogP contribution in [0, 0.1) is 34.1 Å². The van der Waals surface area contributed by atoms with Crippen molar-refractivity contribution in [2.24, 2.45) is 0 Å². The molecule has 0 aromatic heterocycles. The minimum Gasteiger partial charge on any atom is -0.381 e. The number of nitrogens with zero attached hydrogens (tertiary/aromatic N) is 2. The Morgan fingerprint density at radius 2 is 1.19 bits per heavy atom. The first-order chi connectivity index (χ1) is 12.8. The molecule has 148 valence electrons. The highest BCUT2D eigenvalue weighted by molar-refractivity contribution is 5.42. The molecule has 0 unspecified atom stereocenters. The summed E-state index contributed by atoms with van der Waals surface area (Å²) >= 11 is 0. The molecule has 2 aromatic rings. The molecule has 0 fully saturated rings. The molecule has 0 spiro atoms. The number of aryl methyl sites for hydroxylation is 2. The van der Waals surface area contributed by atoms with Gasteiger partial charge in [-0.05, 0) is 43.9 Å². The average Bonchev–Trinajstić information content (AvgIpc) is 2.66. The van der Waals surface area contributed by atoms with Crippen molar-refractivity contribution in [3.8, 4) is 0 Å². The molecule has 0 atom stereocenters. The summed E-state index contributed by atoms with van der Waals surface area (Å²) in [4.78, 5) is 19.0. The summed E-state index contributed by atoms with van der Waals surface area (Å²) in [7, 11) is 0. The maximum Gasteiger partial charge on any atom is 0.276 e. The monoisotopic (exact) mass is 376 g/mol. The number of non-ortho nitro benzene ring substituents is 2. The third kappa shape index (κ3) is 11.4. The van der Waals surface area contributed by atoms with Crippen molar-refractivity contribution in [2.45, 2.75) is 40.5 Å². The molecule has 0 aliphatic heterocycles. The van der Waals surface area contributed by atoms with Crippen LogP contribution in [-0.4, -0.2) is 23.1 Å². The lowest BCUT2D eigenvalue weighted by Crippen LogP contribution is -1.92. The van der Waals surface area contributed by atoms with E-state index in [0.717, 1.165) is 32.1 Å². The zero-order valence-corrected chi connectivity index (χ0v) is 16.4. The zero-order chi connectivity index (χ0) is 20.7. The fraction of sp³-hybridized carbons (Fsp3) is 0.400. The SMILES string of the molecule is CCCOCCC.Cc1ccccc1C.O=[N+]([O-])c1cccc([N+](=O)[O-])c1. The van der Waals surface area contributed by atoms with Crippen molar-refractivity contribution >= 4 is 11.4 Å². The van der Waals surface area contributed by atoms with Crippen molar-refractivity contribution in [2.75, 3.05) is 13.2 Å². The Morgan fingerprint density at radius 1 is 0.778 bits per heavy atom. The quantitative estimate of drug-likeness (QED) is 0.370. The summed E-state index contributed by atoms with van der Waals surface area (Å²) in [6.07, 6.45) is 2.28. The van der Waals surface area contributed by atoms with Crippen LogP contribution in [0.3, 0.4) is 0 Å². The lowest BCUT2D eigenvalue weighted by atomic mass is 10.1. The highest BCUT2D eigenvalue weighted by Gasteiger charge is 2.11. The molecule has 7 nitrogen and oxygen atoms in total. The normalized spacial score (nSPS) is 9.33. The summed E-state index contributed by atoms with van der Waals surface area (Å²) in [6, 6.07) is 13.0. The summed E-state index contributed by atoms with van der Waals surface area (Å²) in [5.74, 6) is 0. The minimum absolute atomic E-state index is 0.274. The molecule has 7 heteroatoms. The van der Waals surface area contributed by atoms with Gasteiger partial charge in [0.15, 0.2) is 0 Å². The lowest BCUT2D eigenvalue weighted by molar-refractivity contribution is -0.394. The molecule has 0 aliphatic rings. The summed E-state index contributed by atoms with van der Waals surface area (Å²) < 4.78 is 5.13. The molecule has 2 aromatic carbocycles. The number of nitro benzene ring substituents is 2. The van der Waals surface area contributed by atoms with Gasteiger partial charge < -0.3 is 4.74 Å². The predicted octanol–water partition coefficient (Wildman–Crippen LogP) is 5.63. The van der Waals surface area contributed by atoms with Crippen molar-refractivity contribution in [3.05, 3.63) is 79.9 Å². The van der Waals surface area contributed by atoms with Crippen LogP contribution in [0.25, 0.3) is 0 Å². The molecule has 27 heavy (non-hydrogen) atoms. The molecule has 0 bridgehead atoms. The van der Waals surface area contributed by atoms with Crippen molar-refractivity contribution in [1.29, 1.82) is 0 Å². The van der Waals surface area contributed by atoms with E-state index in [1.165, 1.54) is 29.3 Å². The summed E-state index contributed by atoms with van der Waals surface area (Å²) in [6.45, 7) is 10.3. The molecule has 2 rings (SSSR count). The molecule has 0 amide bonds. The van der Waals surface area contributed by atoms with Gasteiger partial charge in [-0.3, -0.25) is 20.2 Å². The van der Waals surface area contributed by atoms with Crippen LogP contribution < -0.4 is 0 Å². The van der Waals surface area contributed by atoms with Gasteiger partial charge >= 0.3 is 0 Å². The molecular weight excluding hydrogens is 348 g/mol. The molecular formula is C20H28N2O5. The first kappa shape index (κ1) is 24.2. The lowest BCUT2D eigenvalue weighted by Gasteiger charge is -1.95. The second-order valence-corrected chi connectivity index (χ2v) is 5.73. The number of hydrogen-bond acceptors (Lipinski definition) is 5. The van der Waals surface area contributed by atoms with Crippen LogP contribution in [0.1, 0.15) is 37.8 Å². The fourth-order valence-corrected chi connectivity index (χ4v) is 1.77. The molecule has 0 heterocycles. The molecule has 0 saturated heterocycles. The Labute approximate surface area is 160 Å². The van der Waals surface area contributed by atoms with E-state index in [4.69, 9.17) is 4.74 Å². The van der Waals surface area contributed by atoms with Crippen LogP contribution >= 0.6 is 0 Å². The van der Waals surface area contributed by atoms with Crippen LogP contribution in [0.2, 0.25) is 0 Å². The van der Waals surface area contributed by atoms with E-state index in [-0.39, 0.29) is 11.4 Å². The van der Waals surface area contributed by atoms with Gasteiger partial charge in [0, 0.05) is 25.3 Å². The molecule has 0 saturated carbocycles. The van der Waals surface area contributed by atoms with Crippen molar-refractivity contribution in [3.63, 3.8) is 0 Å². The maximum absolute atomic E-state index is 10.2. The summed E-state index contributed by atoms with van der Waals surface area (Å²) in [5.41, 5.74) is 2.19. The van der Waals surface area contributed by atoms with Crippen LogP contribution in [0.15, 0.2) is 48.5 Å². The first-order valence-electron chi connectivity index (χ1n) is 8.82. The highest BCUT2D eigenvalue weighted by Crippen LogP contribution is 2.18. The first-order valence-corrected chi connectivity index (χ1v) is 8.82. The number of rotatable bonds is 6. The van der Waals surface area contributed by atoms with E-state index in [2.05, 4.69) is 52.0 Å². The Morgan fingerprint density at radius 3 is 1.48 bits per heavy atom. The topological polar surface area (TPSA) is 95.5 Å². The fourth-order valence-electron chi connectivity index (χ4n) is 1.77. The summed E-state index contributed by atoms with van der Waals surface area (Å²) in [5, 5.41) is 20.3. The van der Waals surface area contributed by atoms with Gasteiger partial charge in [-0.25, -0.2) is 0 Å². The average molecular weight is 376 g/mol.